The highest BCUT2D eigenvalue weighted by molar-refractivity contribution is 5.95. The van der Waals surface area contributed by atoms with Gasteiger partial charge in [0.2, 0.25) is 0 Å². The molecule has 2 heterocycles. The van der Waals surface area contributed by atoms with Crippen LogP contribution in [0.25, 0.3) is 10.9 Å². The average molecular weight is 347 g/mol. The number of carbonyl (C=O) groups is 1. The number of amides is 1. The topological polar surface area (TPSA) is 75.1 Å². The van der Waals surface area contributed by atoms with Crippen LogP contribution in [0.5, 0.6) is 0 Å². The van der Waals surface area contributed by atoms with Crippen molar-refractivity contribution in [3.8, 4) is 0 Å². The summed E-state index contributed by atoms with van der Waals surface area (Å²) in [4.78, 5) is 21.6. The van der Waals surface area contributed by atoms with Gasteiger partial charge in [-0.05, 0) is 43.0 Å². The second-order valence-corrected chi connectivity index (χ2v) is 6.88. The molecular formula is C21H21N3O2. The van der Waals surface area contributed by atoms with Gasteiger partial charge in [-0.1, -0.05) is 30.3 Å². The zero-order chi connectivity index (χ0) is 17.9. The minimum absolute atomic E-state index is 0.0610. The largest absolute Gasteiger partial charge is 0.393 e. The smallest absolute Gasteiger partial charge is 0.270 e. The molecule has 3 aromatic rings. The van der Waals surface area contributed by atoms with Gasteiger partial charge in [-0.3, -0.25) is 9.78 Å². The summed E-state index contributed by atoms with van der Waals surface area (Å²) < 4.78 is 0. The van der Waals surface area contributed by atoms with Crippen molar-refractivity contribution in [3.63, 3.8) is 0 Å². The molecule has 1 fully saturated rings. The summed E-state index contributed by atoms with van der Waals surface area (Å²) >= 11 is 0. The van der Waals surface area contributed by atoms with Crippen LogP contribution in [-0.4, -0.2) is 33.1 Å². The molecule has 0 unspecified atom stereocenters. The molecule has 2 aromatic heterocycles. The van der Waals surface area contributed by atoms with Gasteiger partial charge in [0.15, 0.2) is 0 Å². The Morgan fingerprint density at radius 3 is 2.69 bits per heavy atom. The number of para-hydroxylation sites is 1. The zero-order valence-electron chi connectivity index (χ0n) is 14.4. The lowest BCUT2D eigenvalue weighted by molar-refractivity contribution is 0.0237. The summed E-state index contributed by atoms with van der Waals surface area (Å²) in [5.41, 5.74) is 2.15. The van der Waals surface area contributed by atoms with Gasteiger partial charge in [-0.15, -0.1) is 0 Å². The van der Waals surface area contributed by atoms with E-state index in [1.165, 1.54) is 0 Å². The van der Waals surface area contributed by atoms with E-state index in [9.17, 15) is 9.90 Å². The Labute approximate surface area is 152 Å². The van der Waals surface area contributed by atoms with Crippen LogP contribution < -0.4 is 5.32 Å². The second-order valence-electron chi connectivity index (χ2n) is 6.88. The van der Waals surface area contributed by atoms with Crippen LogP contribution in [0.15, 0.2) is 60.8 Å². The maximum atomic E-state index is 12.8. The Morgan fingerprint density at radius 2 is 1.92 bits per heavy atom. The average Bonchev–Trinajstić information content (AvgIpc) is 2.65. The molecule has 0 saturated heterocycles. The van der Waals surface area contributed by atoms with Crippen LogP contribution in [0.3, 0.4) is 0 Å². The Balaban J connectivity index is 1.52. The van der Waals surface area contributed by atoms with Crippen molar-refractivity contribution in [1.29, 1.82) is 0 Å². The molecule has 1 aliphatic carbocycles. The number of fused-ring (bicyclic) bond motifs is 1. The van der Waals surface area contributed by atoms with E-state index in [1.54, 1.807) is 12.3 Å². The number of hydrogen-bond acceptors (Lipinski definition) is 4. The highest BCUT2D eigenvalue weighted by atomic mass is 16.3. The molecule has 2 N–H and O–H groups in total. The van der Waals surface area contributed by atoms with Gasteiger partial charge in [-0.2, -0.15) is 0 Å². The number of carbonyl (C=O) groups excluding carboxylic acids is 1. The summed E-state index contributed by atoms with van der Waals surface area (Å²) in [5.74, 6) is 0.0782. The normalized spacial score (nSPS) is 20.3. The molecule has 26 heavy (non-hydrogen) atoms. The maximum Gasteiger partial charge on any atom is 0.270 e. The number of aliphatic hydroxyl groups is 1. The molecule has 1 saturated carbocycles. The highest BCUT2D eigenvalue weighted by Gasteiger charge is 2.35. The monoisotopic (exact) mass is 347 g/mol. The predicted molar refractivity (Wildman–Crippen MR) is 99.7 cm³/mol. The van der Waals surface area contributed by atoms with E-state index in [0.29, 0.717) is 25.0 Å². The van der Waals surface area contributed by atoms with Crippen LogP contribution in [0.2, 0.25) is 0 Å². The number of hydrogen-bond donors (Lipinski definition) is 2. The van der Waals surface area contributed by atoms with Crippen LogP contribution in [0.1, 0.15) is 29.0 Å². The van der Waals surface area contributed by atoms with Crippen LogP contribution in [-0.2, 0) is 6.42 Å². The third-order valence-electron chi connectivity index (χ3n) is 5.02. The molecule has 0 bridgehead atoms. The first-order chi connectivity index (χ1) is 12.7. The molecule has 5 heteroatoms. The summed E-state index contributed by atoms with van der Waals surface area (Å²) in [6, 6.07) is 17.1. The third kappa shape index (κ3) is 3.58. The van der Waals surface area contributed by atoms with Crippen molar-refractivity contribution in [2.75, 3.05) is 0 Å². The molecule has 4 rings (SSSR count). The molecule has 0 radical (unpaired) electrons. The van der Waals surface area contributed by atoms with Crippen molar-refractivity contribution >= 4 is 16.8 Å². The van der Waals surface area contributed by atoms with Crippen molar-refractivity contribution < 1.29 is 9.90 Å². The first-order valence-corrected chi connectivity index (χ1v) is 8.93. The molecule has 1 amide bonds. The number of nitrogens with one attached hydrogen (secondary N) is 1. The van der Waals surface area contributed by atoms with E-state index < -0.39 is 0 Å². The predicted octanol–water partition coefficient (Wildman–Crippen LogP) is 2.74. The van der Waals surface area contributed by atoms with E-state index in [4.69, 9.17) is 0 Å². The van der Waals surface area contributed by atoms with Gasteiger partial charge < -0.3 is 10.4 Å². The number of aliphatic hydroxyl groups excluding tert-OH is 1. The molecule has 5 nitrogen and oxygen atoms in total. The zero-order valence-corrected chi connectivity index (χ0v) is 14.4. The Bertz CT molecular complexity index is 907. The van der Waals surface area contributed by atoms with Crippen molar-refractivity contribution in [1.82, 2.24) is 15.3 Å². The summed E-state index contributed by atoms with van der Waals surface area (Å²) in [5, 5.41) is 13.8. The van der Waals surface area contributed by atoms with Gasteiger partial charge in [0.25, 0.3) is 5.91 Å². The molecule has 0 aliphatic heterocycles. The minimum atomic E-state index is -0.262. The van der Waals surface area contributed by atoms with E-state index in [0.717, 1.165) is 16.6 Å². The first kappa shape index (κ1) is 16.7. The van der Waals surface area contributed by atoms with E-state index in [2.05, 4.69) is 15.3 Å². The fraction of sp³-hybridized carbons (Fsp3) is 0.286. The number of nitrogens with zero attached hydrogens (tertiary/aromatic N) is 2. The number of aromatic nitrogens is 2. The van der Waals surface area contributed by atoms with Gasteiger partial charge in [0.1, 0.15) is 5.69 Å². The Hall–Kier alpha value is -2.79. The minimum Gasteiger partial charge on any atom is -0.393 e. The molecule has 1 aromatic carbocycles. The third-order valence-corrected chi connectivity index (χ3v) is 5.02. The molecule has 1 atom stereocenters. The number of benzene rings is 1. The van der Waals surface area contributed by atoms with Gasteiger partial charge >= 0.3 is 0 Å². The van der Waals surface area contributed by atoms with Gasteiger partial charge in [0.05, 0.1) is 11.6 Å². The summed E-state index contributed by atoms with van der Waals surface area (Å²) in [6.45, 7) is 0. The van der Waals surface area contributed by atoms with Crippen molar-refractivity contribution in [3.05, 3.63) is 72.2 Å². The molecule has 0 spiro atoms. The number of pyridine rings is 2. The Kier molecular flexibility index (Phi) is 4.63. The van der Waals surface area contributed by atoms with Crippen molar-refractivity contribution in [2.45, 2.75) is 31.4 Å². The first-order valence-electron chi connectivity index (χ1n) is 8.93. The molecular weight excluding hydrogens is 326 g/mol. The van der Waals surface area contributed by atoms with Crippen molar-refractivity contribution in [2.24, 2.45) is 5.92 Å². The van der Waals surface area contributed by atoms with E-state index in [1.807, 2.05) is 48.5 Å². The van der Waals surface area contributed by atoms with Crippen LogP contribution in [0.4, 0.5) is 0 Å². The quantitative estimate of drug-likeness (QED) is 0.744. The molecule has 132 valence electrons. The lowest BCUT2D eigenvalue weighted by Crippen LogP contribution is -2.48. The fourth-order valence-corrected chi connectivity index (χ4v) is 3.47. The SMILES string of the molecule is O=C(N[C@@H](Cc1ccccn1)C1CC(O)C1)c1ccc2ccccc2n1. The lowest BCUT2D eigenvalue weighted by atomic mass is 9.76. The second kappa shape index (κ2) is 7.22. The summed E-state index contributed by atoms with van der Waals surface area (Å²) in [6.07, 6.45) is 3.57. The molecule has 1 aliphatic rings. The van der Waals surface area contributed by atoms with Crippen LogP contribution >= 0.6 is 0 Å². The Morgan fingerprint density at radius 1 is 1.12 bits per heavy atom. The van der Waals surface area contributed by atoms with E-state index >= 15 is 0 Å². The standard InChI is InChI=1S/C21H21N3O2/c25-17-11-15(12-17)20(13-16-6-3-4-10-22-16)24-21(26)19-9-8-14-5-1-2-7-18(14)23-19/h1-10,15,17,20,25H,11-13H2,(H,24,26)/t15?,17?,20-/m0/s1. The lowest BCUT2D eigenvalue weighted by Gasteiger charge is -2.38. The van der Waals surface area contributed by atoms with Gasteiger partial charge in [0, 0.05) is 29.7 Å². The maximum absolute atomic E-state index is 12.8. The fourth-order valence-electron chi connectivity index (χ4n) is 3.47. The number of rotatable bonds is 5. The van der Waals surface area contributed by atoms with Crippen LogP contribution in [0, 0.1) is 5.92 Å². The van der Waals surface area contributed by atoms with Gasteiger partial charge in [-0.25, -0.2) is 4.98 Å². The summed E-state index contributed by atoms with van der Waals surface area (Å²) in [7, 11) is 0. The highest BCUT2D eigenvalue weighted by Crippen LogP contribution is 2.31. The van der Waals surface area contributed by atoms with E-state index in [-0.39, 0.29) is 24.0 Å².